The van der Waals surface area contributed by atoms with E-state index in [1.807, 2.05) is 48.5 Å². The molecule has 0 amide bonds. The first-order valence-corrected chi connectivity index (χ1v) is 8.66. The number of carbonyl (C=O) groups is 2. The first-order chi connectivity index (χ1) is 13.2. The third kappa shape index (κ3) is 3.58. The Morgan fingerprint density at radius 2 is 1.74 bits per heavy atom. The van der Waals surface area contributed by atoms with E-state index < -0.39 is 24.1 Å². The van der Waals surface area contributed by atoms with Gasteiger partial charge in [0.25, 0.3) is 0 Å². The summed E-state index contributed by atoms with van der Waals surface area (Å²) in [6.45, 7) is 0. The van der Waals surface area contributed by atoms with Crippen LogP contribution in [0.15, 0.2) is 79.1 Å². The number of esters is 2. The monoisotopic (exact) mass is 359 g/mol. The van der Waals surface area contributed by atoms with Crippen molar-refractivity contribution in [1.82, 2.24) is 4.98 Å². The second kappa shape index (κ2) is 7.41. The number of hydrogen-bond donors (Lipinski definition) is 0. The highest BCUT2D eigenvalue weighted by Gasteiger charge is 2.34. The molecular weight excluding hydrogens is 342 g/mol. The van der Waals surface area contributed by atoms with E-state index in [1.54, 1.807) is 30.6 Å². The number of rotatable bonds is 4. The van der Waals surface area contributed by atoms with Crippen LogP contribution in [0.1, 0.15) is 33.2 Å². The molecule has 2 atom stereocenters. The lowest BCUT2D eigenvalue weighted by Crippen LogP contribution is -2.36. The molecule has 5 heteroatoms. The maximum atomic E-state index is 12.8. The van der Waals surface area contributed by atoms with Crippen molar-refractivity contribution >= 4 is 11.9 Å². The van der Waals surface area contributed by atoms with Gasteiger partial charge in [-0.3, -0.25) is 4.98 Å². The quantitative estimate of drug-likeness (QED) is 0.667. The van der Waals surface area contributed by atoms with E-state index in [9.17, 15) is 9.59 Å². The van der Waals surface area contributed by atoms with Gasteiger partial charge in [-0.25, -0.2) is 9.59 Å². The Labute approximate surface area is 156 Å². The Kier molecular flexibility index (Phi) is 4.66. The van der Waals surface area contributed by atoms with E-state index in [4.69, 9.17) is 9.47 Å². The van der Waals surface area contributed by atoms with Crippen molar-refractivity contribution < 1.29 is 19.1 Å². The highest BCUT2D eigenvalue weighted by molar-refractivity contribution is 5.94. The first-order valence-electron chi connectivity index (χ1n) is 8.66. The van der Waals surface area contributed by atoms with E-state index in [0.29, 0.717) is 12.0 Å². The smallest absolute Gasteiger partial charge is 0.348 e. The van der Waals surface area contributed by atoms with E-state index in [2.05, 4.69) is 4.98 Å². The molecular formula is C22H17NO4. The highest BCUT2D eigenvalue weighted by Crippen LogP contribution is 2.28. The maximum absolute atomic E-state index is 12.8. The lowest BCUT2D eigenvalue weighted by molar-refractivity contribution is -0.158. The normalized spacial score (nSPS) is 16.7. The Balaban J connectivity index is 1.59. The predicted molar refractivity (Wildman–Crippen MR) is 98.0 cm³/mol. The number of nitrogens with zero attached hydrogens (tertiary/aromatic N) is 1. The average Bonchev–Trinajstić information content (AvgIpc) is 2.73. The summed E-state index contributed by atoms with van der Waals surface area (Å²) in [6.07, 6.45) is 2.04. The Bertz CT molecular complexity index is 917. The number of benzene rings is 2. The van der Waals surface area contributed by atoms with Gasteiger partial charge in [0, 0.05) is 24.4 Å². The summed E-state index contributed by atoms with van der Waals surface area (Å²) in [5.74, 6) is -1.08. The van der Waals surface area contributed by atoms with E-state index in [1.165, 1.54) is 0 Å². The second-order valence-corrected chi connectivity index (χ2v) is 6.27. The topological polar surface area (TPSA) is 65.5 Å². The first kappa shape index (κ1) is 17.0. The zero-order valence-electron chi connectivity index (χ0n) is 14.4. The summed E-state index contributed by atoms with van der Waals surface area (Å²) >= 11 is 0. The highest BCUT2D eigenvalue weighted by atomic mass is 16.6. The largest absolute Gasteiger partial charge is 0.450 e. The number of hydrogen-bond acceptors (Lipinski definition) is 5. The molecule has 5 nitrogen and oxygen atoms in total. The molecule has 0 saturated heterocycles. The van der Waals surface area contributed by atoms with E-state index in [-0.39, 0.29) is 0 Å². The molecule has 1 aromatic heterocycles. The number of ether oxygens (including phenoxy) is 2. The van der Waals surface area contributed by atoms with Gasteiger partial charge < -0.3 is 9.47 Å². The van der Waals surface area contributed by atoms with Gasteiger partial charge in [-0.1, -0.05) is 54.6 Å². The van der Waals surface area contributed by atoms with Gasteiger partial charge in [-0.15, -0.1) is 0 Å². The molecule has 1 aliphatic heterocycles. The number of fused-ring (bicyclic) bond motifs is 1. The Morgan fingerprint density at radius 3 is 2.52 bits per heavy atom. The van der Waals surface area contributed by atoms with Gasteiger partial charge in [0.05, 0.1) is 5.56 Å². The summed E-state index contributed by atoms with van der Waals surface area (Å²) in [5, 5.41) is 0. The molecule has 0 spiro atoms. The minimum absolute atomic E-state index is 0.301. The molecule has 0 fully saturated rings. The van der Waals surface area contributed by atoms with E-state index >= 15 is 0 Å². The summed E-state index contributed by atoms with van der Waals surface area (Å²) in [7, 11) is 0. The van der Waals surface area contributed by atoms with Crippen LogP contribution in [0.4, 0.5) is 0 Å². The minimum Gasteiger partial charge on any atom is -0.450 e. The van der Waals surface area contributed by atoms with Crippen molar-refractivity contribution in [3.63, 3.8) is 0 Å². The van der Waals surface area contributed by atoms with Crippen molar-refractivity contribution in [3.8, 4) is 0 Å². The van der Waals surface area contributed by atoms with Crippen molar-refractivity contribution in [1.29, 1.82) is 0 Å². The van der Waals surface area contributed by atoms with Crippen LogP contribution in [0, 0.1) is 0 Å². The fraction of sp³-hybridized carbons (Fsp3) is 0.136. The molecule has 0 unspecified atom stereocenters. The van der Waals surface area contributed by atoms with Crippen LogP contribution >= 0.6 is 0 Å². The third-order valence-corrected chi connectivity index (χ3v) is 4.48. The second-order valence-electron chi connectivity index (χ2n) is 6.27. The molecule has 2 aromatic carbocycles. The fourth-order valence-corrected chi connectivity index (χ4v) is 3.14. The van der Waals surface area contributed by atoms with E-state index in [0.717, 1.165) is 16.7 Å². The van der Waals surface area contributed by atoms with Crippen molar-refractivity contribution in [2.75, 3.05) is 0 Å². The molecule has 0 bridgehead atoms. The van der Waals surface area contributed by atoms with Crippen LogP contribution in [-0.4, -0.2) is 23.0 Å². The van der Waals surface area contributed by atoms with Crippen LogP contribution in [0.5, 0.6) is 0 Å². The number of cyclic esters (lactones) is 1. The van der Waals surface area contributed by atoms with Gasteiger partial charge in [0.15, 0.2) is 6.10 Å². The SMILES string of the molecule is O=C1O[C@H](C(=O)O[C@@H](c2ccccc2)c2cccnc2)Cc2ccccc21. The van der Waals surface area contributed by atoms with Crippen molar-refractivity contribution in [2.45, 2.75) is 18.6 Å². The lowest BCUT2D eigenvalue weighted by atomic mass is 9.98. The van der Waals surface area contributed by atoms with Crippen LogP contribution in [0.3, 0.4) is 0 Å². The molecule has 134 valence electrons. The van der Waals surface area contributed by atoms with Crippen molar-refractivity contribution in [2.24, 2.45) is 0 Å². The zero-order valence-corrected chi connectivity index (χ0v) is 14.4. The van der Waals surface area contributed by atoms with Gasteiger partial charge >= 0.3 is 11.9 Å². The molecule has 3 aromatic rings. The summed E-state index contributed by atoms with van der Waals surface area (Å²) in [6, 6.07) is 20.2. The van der Waals surface area contributed by atoms with Crippen LogP contribution < -0.4 is 0 Å². The summed E-state index contributed by atoms with van der Waals surface area (Å²) < 4.78 is 11.1. The van der Waals surface area contributed by atoms with Crippen LogP contribution in [0.2, 0.25) is 0 Å². The predicted octanol–water partition coefficient (Wildman–Crippen LogP) is 3.50. The molecule has 0 aliphatic carbocycles. The summed E-state index contributed by atoms with van der Waals surface area (Å²) in [5.41, 5.74) is 2.85. The third-order valence-electron chi connectivity index (χ3n) is 4.48. The number of carbonyl (C=O) groups excluding carboxylic acids is 2. The van der Waals surface area contributed by atoms with Gasteiger partial charge in [-0.05, 0) is 23.3 Å². The molecule has 0 radical (unpaired) electrons. The molecule has 0 N–H and O–H groups in total. The van der Waals surface area contributed by atoms with Gasteiger partial charge in [0.1, 0.15) is 0 Å². The minimum atomic E-state index is -0.963. The van der Waals surface area contributed by atoms with Crippen molar-refractivity contribution in [3.05, 3.63) is 101 Å². The standard InChI is InChI=1S/C22H17NO4/c24-21-18-11-5-4-9-16(18)13-19(26-21)22(25)27-20(15-7-2-1-3-8-15)17-10-6-12-23-14-17/h1-12,14,19-20H,13H2/t19-,20-/m0/s1. The lowest BCUT2D eigenvalue weighted by Gasteiger charge is -2.26. The maximum Gasteiger partial charge on any atom is 0.348 e. The van der Waals surface area contributed by atoms with Crippen LogP contribution in [0.25, 0.3) is 0 Å². The number of pyridine rings is 1. The van der Waals surface area contributed by atoms with Crippen LogP contribution in [-0.2, 0) is 20.7 Å². The fourth-order valence-electron chi connectivity index (χ4n) is 3.14. The summed E-state index contributed by atoms with van der Waals surface area (Å²) in [4.78, 5) is 29.1. The molecule has 4 rings (SSSR count). The molecule has 0 saturated carbocycles. The van der Waals surface area contributed by atoms with Gasteiger partial charge in [0.2, 0.25) is 6.10 Å². The molecule has 2 heterocycles. The zero-order chi connectivity index (χ0) is 18.6. The average molecular weight is 359 g/mol. The Hall–Kier alpha value is -3.47. The van der Waals surface area contributed by atoms with Gasteiger partial charge in [-0.2, -0.15) is 0 Å². The molecule has 1 aliphatic rings. The Morgan fingerprint density at radius 1 is 1.00 bits per heavy atom. The molecule has 27 heavy (non-hydrogen) atoms. The number of aromatic nitrogens is 1.